The molecule has 0 radical (unpaired) electrons. The molecule has 3 heteroatoms. The van der Waals surface area contributed by atoms with Crippen LogP contribution < -0.4 is 5.73 Å². The van der Waals surface area contributed by atoms with E-state index in [1.54, 1.807) is 24.3 Å². The molecule has 0 atom stereocenters. The molecular weight excluding hydrogens is 217 g/mol. The van der Waals surface area contributed by atoms with E-state index in [-0.39, 0.29) is 5.82 Å². The zero-order valence-electron chi connectivity index (χ0n) is 9.40. The number of furan rings is 1. The van der Waals surface area contributed by atoms with Gasteiger partial charge in [0.1, 0.15) is 17.3 Å². The van der Waals surface area contributed by atoms with Gasteiger partial charge in [0.15, 0.2) is 0 Å². The van der Waals surface area contributed by atoms with Crippen molar-refractivity contribution in [3.63, 3.8) is 0 Å². The van der Waals surface area contributed by atoms with E-state index in [1.165, 1.54) is 6.07 Å². The molecule has 0 spiro atoms. The molecule has 0 aliphatic heterocycles. The molecule has 1 aromatic carbocycles. The van der Waals surface area contributed by atoms with Crippen molar-refractivity contribution in [3.8, 4) is 11.3 Å². The number of hydrogen-bond acceptors (Lipinski definition) is 2. The molecule has 1 aromatic heterocycles. The van der Waals surface area contributed by atoms with Gasteiger partial charge in [-0.05, 0) is 43.3 Å². The molecule has 88 valence electrons. The first-order valence-electron chi connectivity index (χ1n) is 5.52. The molecule has 2 nitrogen and oxygen atoms in total. The van der Waals surface area contributed by atoms with Crippen molar-refractivity contribution < 1.29 is 8.81 Å². The van der Waals surface area contributed by atoms with Crippen LogP contribution in [0.15, 0.2) is 46.9 Å². The molecule has 1 heterocycles. The van der Waals surface area contributed by atoms with E-state index < -0.39 is 0 Å². The predicted octanol–water partition coefficient (Wildman–Crippen LogP) is 3.45. The van der Waals surface area contributed by atoms with Gasteiger partial charge in [0.25, 0.3) is 0 Å². The van der Waals surface area contributed by atoms with E-state index in [2.05, 4.69) is 0 Å². The summed E-state index contributed by atoms with van der Waals surface area (Å²) >= 11 is 0. The zero-order valence-corrected chi connectivity index (χ0v) is 9.40. The first kappa shape index (κ1) is 11.6. The highest BCUT2D eigenvalue weighted by molar-refractivity contribution is 5.60. The van der Waals surface area contributed by atoms with Gasteiger partial charge >= 0.3 is 0 Å². The van der Waals surface area contributed by atoms with Gasteiger partial charge in [-0.25, -0.2) is 4.39 Å². The normalized spacial score (nSPS) is 11.2. The highest BCUT2D eigenvalue weighted by atomic mass is 19.1. The molecule has 17 heavy (non-hydrogen) atoms. The number of benzene rings is 1. The van der Waals surface area contributed by atoms with Crippen molar-refractivity contribution in [2.24, 2.45) is 5.73 Å². The lowest BCUT2D eigenvalue weighted by atomic mass is 10.1. The summed E-state index contributed by atoms with van der Waals surface area (Å²) in [6.45, 7) is 0.609. The van der Waals surface area contributed by atoms with Crippen molar-refractivity contribution >= 4 is 6.08 Å². The molecule has 0 saturated heterocycles. The molecule has 0 aliphatic carbocycles. The second-order valence-electron chi connectivity index (χ2n) is 3.66. The second-order valence-corrected chi connectivity index (χ2v) is 3.66. The molecule has 0 amide bonds. The number of hydrogen-bond donors (Lipinski definition) is 1. The Balaban J connectivity index is 2.21. The van der Waals surface area contributed by atoms with Crippen molar-refractivity contribution in [2.45, 2.75) is 6.42 Å². The van der Waals surface area contributed by atoms with Crippen molar-refractivity contribution in [2.75, 3.05) is 6.54 Å². The van der Waals surface area contributed by atoms with Crippen molar-refractivity contribution in [3.05, 3.63) is 54.1 Å². The summed E-state index contributed by atoms with van der Waals surface area (Å²) in [5.74, 6) is 0.964. The van der Waals surface area contributed by atoms with Gasteiger partial charge in [-0.2, -0.15) is 0 Å². The van der Waals surface area contributed by atoms with Crippen LogP contribution in [0.3, 0.4) is 0 Å². The summed E-state index contributed by atoms with van der Waals surface area (Å²) in [6.07, 6.45) is 4.58. The maximum atomic E-state index is 13.5. The molecule has 0 fully saturated rings. The summed E-state index contributed by atoms with van der Waals surface area (Å²) in [7, 11) is 0. The number of nitrogens with two attached hydrogens (primary N) is 1. The fourth-order valence-corrected chi connectivity index (χ4v) is 1.54. The standard InChI is InChI=1S/C14H14FNO/c15-13-7-2-1-6-12(13)14-9-8-11(17-14)5-3-4-10-16/h1-3,5-9H,4,10,16H2. The summed E-state index contributed by atoms with van der Waals surface area (Å²) in [5.41, 5.74) is 5.86. The minimum absolute atomic E-state index is 0.278. The van der Waals surface area contributed by atoms with Crippen LogP contribution in [-0.2, 0) is 0 Å². The van der Waals surface area contributed by atoms with Crippen LogP contribution in [0.1, 0.15) is 12.2 Å². The topological polar surface area (TPSA) is 39.2 Å². The van der Waals surface area contributed by atoms with Crippen LogP contribution in [0.2, 0.25) is 0 Å². The van der Waals surface area contributed by atoms with Gasteiger partial charge < -0.3 is 10.2 Å². The Morgan fingerprint density at radius 1 is 1.18 bits per heavy atom. The number of halogens is 1. The molecule has 0 aliphatic rings. The molecule has 2 aromatic rings. The van der Waals surface area contributed by atoms with Gasteiger partial charge in [0.05, 0.1) is 5.56 Å². The third-order valence-electron chi connectivity index (χ3n) is 2.38. The predicted molar refractivity (Wildman–Crippen MR) is 66.8 cm³/mol. The van der Waals surface area contributed by atoms with E-state index in [9.17, 15) is 4.39 Å². The average Bonchev–Trinajstić information content (AvgIpc) is 2.79. The van der Waals surface area contributed by atoms with Gasteiger partial charge in [-0.15, -0.1) is 0 Å². The summed E-state index contributed by atoms with van der Waals surface area (Å²) < 4.78 is 19.0. The Kier molecular flexibility index (Phi) is 3.73. The van der Waals surface area contributed by atoms with E-state index in [0.29, 0.717) is 23.6 Å². The zero-order chi connectivity index (χ0) is 12.1. The van der Waals surface area contributed by atoms with Crippen LogP contribution >= 0.6 is 0 Å². The monoisotopic (exact) mass is 231 g/mol. The molecule has 0 bridgehead atoms. The average molecular weight is 231 g/mol. The van der Waals surface area contributed by atoms with Gasteiger partial charge in [-0.3, -0.25) is 0 Å². The van der Waals surface area contributed by atoms with Crippen LogP contribution in [0, 0.1) is 5.82 Å². The summed E-state index contributed by atoms with van der Waals surface area (Å²) in [6, 6.07) is 10.1. The first-order chi connectivity index (χ1) is 8.31. The lowest BCUT2D eigenvalue weighted by Crippen LogP contribution is -1.94. The van der Waals surface area contributed by atoms with Crippen molar-refractivity contribution in [1.29, 1.82) is 0 Å². The fourth-order valence-electron chi connectivity index (χ4n) is 1.54. The molecule has 0 unspecified atom stereocenters. The van der Waals surface area contributed by atoms with Crippen LogP contribution in [-0.4, -0.2) is 6.54 Å². The Morgan fingerprint density at radius 3 is 2.76 bits per heavy atom. The van der Waals surface area contributed by atoms with Crippen molar-refractivity contribution in [1.82, 2.24) is 0 Å². The maximum absolute atomic E-state index is 13.5. The van der Waals surface area contributed by atoms with Crippen LogP contribution in [0.5, 0.6) is 0 Å². The van der Waals surface area contributed by atoms with E-state index >= 15 is 0 Å². The van der Waals surface area contributed by atoms with Crippen LogP contribution in [0.25, 0.3) is 17.4 Å². The van der Waals surface area contributed by atoms with E-state index in [1.807, 2.05) is 18.2 Å². The largest absolute Gasteiger partial charge is 0.457 e. The molecule has 2 rings (SSSR count). The number of rotatable bonds is 4. The van der Waals surface area contributed by atoms with Gasteiger partial charge in [-0.1, -0.05) is 18.2 Å². The molecule has 0 saturated carbocycles. The quantitative estimate of drug-likeness (QED) is 0.875. The lowest BCUT2D eigenvalue weighted by Gasteiger charge is -1.97. The Labute approximate surface area is 99.6 Å². The van der Waals surface area contributed by atoms with Gasteiger partial charge in [0.2, 0.25) is 0 Å². The van der Waals surface area contributed by atoms with E-state index in [0.717, 1.165) is 6.42 Å². The summed E-state index contributed by atoms with van der Waals surface area (Å²) in [4.78, 5) is 0. The third kappa shape index (κ3) is 2.82. The Bertz CT molecular complexity index is 516. The van der Waals surface area contributed by atoms with E-state index in [4.69, 9.17) is 10.2 Å². The minimum Gasteiger partial charge on any atom is -0.457 e. The smallest absolute Gasteiger partial charge is 0.137 e. The second kappa shape index (κ2) is 5.46. The maximum Gasteiger partial charge on any atom is 0.137 e. The highest BCUT2D eigenvalue weighted by Crippen LogP contribution is 2.25. The summed E-state index contributed by atoms with van der Waals surface area (Å²) in [5, 5.41) is 0. The highest BCUT2D eigenvalue weighted by Gasteiger charge is 2.07. The Hall–Kier alpha value is -1.87. The fraction of sp³-hybridized carbons (Fsp3) is 0.143. The molecular formula is C14H14FNO. The first-order valence-corrected chi connectivity index (χ1v) is 5.52. The Morgan fingerprint density at radius 2 is 2.00 bits per heavy atom. The van der Waals surface area contributed by atoms with Gasteiger partial charge in [0, 0.05) is 0 Å². The minimum atomic E-state index is -0.278. The molecule has 2 N–H and O–H groups in total. The third-order valence-corrected chi connectivity index (χ3v) is 2.38. The lowest BCUT2D eigenvalue weighted by molar-refractivity contribution is 0.561. The SMILES string of the molecule is NCCC=Cc1ccc(-c2ccccc2F)o1. The van der Waals surface area contributed by atoms with Crippen LogP contribution in [0.4, 0.5) is 4.39 Å².